The van der Waals surface area contributed by atoms with Crippen LogP contribution in [0.5, 0.6) is 5.75 Å². The lowest BCUT2D eigenvalue weighted by Gasteiger charge is -2.66. The molecule has 3 aliphatic rings. The molecule has 1 N–H and O–H groups in total. The Morgan fingerprint density at radius 2 is 1.79 bits per heavy atom. The van der Waals surface area contributed by atoms with Crippen molar-refractivity contribution < 1.29 is 5.11 Å². The van der Waals surface area contributed by atoms with Gasteiger partial charge in [0.05, 0.1) is 0 Å². The third-order valence-electron chi connectivity index (χ3n) is 8.00. The Hall–Kier alpha value is -1.80. The van der Waals surface area contributed by atoms with Gasteiger partial charge >= 0.3 is 0 Å². The molecule has 28 heavy (non-hydrogen) atoms. The van der Waals surface area contributed by atoms with Crippen LogP contribution in [-0.4, -0.2) is 30.1 Å². The van der Waals surface area contributed by atoms with Crippen molar-refractivity contribution in [1.82, 2.24) is 4.90 Å². The van der Waals surface area contributed by atoms with E-state index in [4.69, 9.17) is 0 Å². The number of fused-ring (bicyclic) bond motifs is 2. The molecule has 0 spiro atoms. The van der Waals surface area contributed by atoms with Crippen molar-refractivity contribution in [3.8, 4) is 5.75 Å². The monoisotopic (exact) mass is 377 g/mol. The second-order valence-corrected chi connectivity index (χ2v) is 9.91. The van der Waals surface area contributed by atoms with Gasteiger partial charge in [0.15, 0.2) is 0 Å². The van der Waals surface area contributed by atoms with Gasteiger partial charge in [-0.25, -0.2) is 0 Å². The molecule has 5 atom stereocenters. The zero-order valence-electron chi connectivity index (χ0n) is 17.8. The van der Waals surface area contributed by atoms with Crippen LogP contribution in [0.3, 0.4) is 0 Å². The molecule has 150 valence electrons. The molecule has 3 fully saturated rings. The van der Waals surface area contributed by atoms with Crippen LogP contribution in [0.4, 0.5) is 0 Å². The zero-order chi connectivity index (χ0) is 19.9. The van der Waals surface area contributed by atoms with E-state index in [-0.39, 0.29) is 0 Å². The Bertz CT molecular complexity index is 799. The van der Waals surface area contributed by atoms with E-state index in [1.165, 1.54) is 17.5 Å². The molecule has 0 saturated heterocycles. The Labute approximate surface area is 170 Å². The number of hydrogen-bond acceptors (Lipinski definition) is 2. The van der Waals surface area contributed by atoms with Gasteiger partial charge in [0.1, 0.15) is 5.75 Å². The average molecular weight is 378 g/mol. The quantitative estimate of drug-likeness (QED) is 0.710. The molecule has 2 bridgehead atoms. The van der Waals surface area contributed by atoms with Crippen LogP contribution in [-0.2, 0) is 6.42 Å². The maximum Gasteiger partial charge on any atom is 0.115 e. The zero-order valence-corrected chi connectivity index (χ0v) is 17.8. The number of phenols is 1. The molecule has 0 aliphatic heterocycles. The number of likely N-dealkylation sites (N-methyl/N-ethyl adjacent to an activating group) is 1. The first-order valence-corrected chi connectivity index (χ1v) is 10.9. The van der Waals surface area contributed by atoms with Crippen LogP contribution in [0.15, 0.2) is 54.6 Å². The van der Waals surface area contributed by atoms with Crippen LogP contribution in [0, 0.1) is 29.1 Å². The third-order valence-corrected chi connectivity index (χ3v) is 8.00. The molecular formula is C26H35NO. The van der Waals surface area contributed by atoms with Gasteiger partial charge in [-0.1, -0.05) is 63.2 Å². The van der Waals surface area contributed by atoms with Crippen molar-refractivity contribution in [1.29, 1.82) is 0 Å². The second-order valence-electron chi connectivity index (χ2n) is 9.91. The number of aromatic hydroxyl groups is 1. The van der Waals surface area contributed by atoms with E-state index >= 15 is 0 Å². The van der Waals surface area contributed by atoms with E-state index in [1.807, 2.05) is 12.1 Å². The molecule has 5 unspecified atom stereocenters. The Morgan fingerprint density at radius 1 is 1.04 bits per heavy atom. The van der Waals surface area contributed by atoms with Gasteiger partial charge < -0.3 is 10.0 Å². The summed E-state index contributed by atoms with van der Waals surface area (Å²) >= 11 is 0. The van der Waals surface area contributed by atoms with Crippen molar-refractivity contribution in [3.05, 3.63) is 65.7 Å². The van der Waals surface area contributed by atoms with Gasteiger partial charge in [0.25, 0.3) is 0 Å². The van der Waals surface area contributed by atoms with Crippen molar-refractivity contribution in [2.24, 2.45) is 29.1 Å². The van der Waals surface area contributed by atoms with Crippen LogP contribution < -0.4 is 0 Å². The number of hydrogen-bond donors (Lipinski definition) is 1. The first-order chi connectivity index (χ1) is 13.4. The molecule has 0 amide bonds. The molecule has 0 aromatic heterocycles. The molecule has 3 saturated carbocycles. The van der Waals surface area contributed by atoms with Crippen molar-refractivity contribution in [3.63, 3.8) is 0 Å². The molecule has 2 aromatic rings. The molecule has 5 rings (SSSR count). The smallest absolute Gasteiger partial charge is 0.115 e. The third kappa shape index (κ3) is 3.48. The lowest BCUT2D eigenvalue weighted by atomic mass is 9.39. The number of benzene rings is 2. The van der Waals surface area contributed by atoms with Crippen molar-refractivity contribution in [2.45, 2.75) is 39.5 Å². The number of nitrogens with zero attached hydrogens (tertiary/aromatic N) is 1. The second kappa shape index (κ2) is 7.55. The fourth-order valence-corrected chi connectivity index (χ4v) is 6.44. The van der Waals surface area contributed by atoms with Gasteiger partial charge in [-0.15, -0.1) is 0 Å². The molecule has 2 heteroatoms. The van der Waals surface area contributed by atoms with Crippen molar-refractivity contribution in [2.75, 3.05) is 20.1 Å². The topological polar surface area (TPSA) is 23.5 Å². The lowest BCUT2D eigenvalue weighted by Crippen LogP contribution is -2.60. The minimum Gasteiger partial charge on any atom is -0.508 e. The van der Waals surface area contributed by atoms with E-state index in [1.54, 1.807) is 6.07 Å². The highest BCUT2D eigenvalue weighted by molar-refractivity contribution is 5.33. The van der Waals surface area contributed by atoms with Gasteiger partial charge in [-0.05, 0) is 78.2 Å². The van der Waals surface area contributed by atoms with Gasteiger partial charge in [-0.2, -0.15) is 0 Å². The van der Waals surface area contributed by atoms with Gasteiger partial charge in [0.2, 0.25) is 0 Å². The van der Waals surface area contributed by atoms with Crippen LogP contribution in [0.25, 0.3) is 0 Å². The van der Waals surface area contributed by atoms with Crippen LogP contribution >= 0.6 is 0 Å². The summed E-state index contributed by atoms with van der Waals surface area (Å²) in [5, 5.41) is 10.1. The molecule has 0 radical (unpaired) electrons. The normalized spacial score (nSPS) is 30.8. The molecule has 2 nitrogen and oxygen atoms in total. The molecule has 3 aliphatic carbocycles. The first kappa shape index (κ1) is 19.5. The average Bonchev–Trinajstić information content (AvgIpc) is 2.66. The summed E-state index contributed by atoms with van der Waals surface area (Å²) < 4.78 is 0. The minimum absolute atomic E-state index is 0.402. The van der Waals surface area contributed by atoms with Crippen LogP contribution in [0.1, 0.15) is 44.2 Å². The van der Waals surface area contributed by atoms with Crippen LogP contribution in [0.2, 0.25) is 0 Å². The highest BCUT2D eigenvalue weighted by Crippen LogP contribution is 2.67. The predicted octanol–water partition coefficient (Wildman–Crippen LogP) is 5.58. The highest BCUT2D eigenvalue weighted by Gasteiger charge is 2.60. The molecular weight excluding hydrogens is 342 g/mol. The summed E-state index contributed by atoms with van der Waals surface area (Å²) in [4.78, 5) is 2.54. The maximum atomic E-state index is 10.1. The fraction of sp³-hybridized carbons (Fsp3) is 0.538. The minimum atomic E-state index is 0.402. The molecule has 0 heterocycles. The summed E-state index contributed by atoms with van der Waals surface area (Å²) in [6, 6.07) is 18.9. The van der Waals surface area contributed by atoms with Gasteiger partial charge in [0, 0.05) is 13.1 Å². The SMILES string of the molecule is CC1C(c2cccc(O)c2)C(CN(C)CCc2ccccc2)C2CC1C2(C)C. The summed E-state index contributed by atoms with van der Waals surface area (Å²) in [5.74, 6) is 3.84. The standard InChI is InChI=1S/C26H35NO/c1-18-23-16-24(26(23,2)3)22(25(18)20-11-8-12-21(28)15-20)17-27(4)14-13-19-9-6-5-7-10-19/h5-12,15,18,22-25,28H,13-14,16-17H2,1-4H3. The summed E-state index contributed by atoms with van der Waals surface area (Å²) in [7, 11) is 2.28. The predicted molar refractivity (Wildman–Crippen MR) is 117 cm³/mol. The Morgan fingerprint density at radius 3 is 2.46 bits per heavy atom. The number of rotatable bonds is 6. The fourth-order valence-electron chi connectivity index (χ4n) is 6.44. The van der Waals surface area contributed by atoms with E-state index in [2.05, 4.69) is 69.1 Å². The maximum absolute atomic E-state index is 10.1. The van der Waals surface area contributed by atoms with Crippen molar-refractivity contribution >= 4 is 0 Å². The van der Waals surface area contributed by atoms with E-state index in [0.717, 1.165) is 31.3 Å². The first-order valence-electron chi connectivity index (χ1n) is 10.9. The summed E-state index contributed by atoms with van der Waals surface area (Å²) in [6.07, 6.45) is 2.48. The molecule has 2 aromatic carbocycles. The highest BCUT2D eigenvalue weighted by atomic mass is 16.3. The Kier molecular flexibility index (Phi) is 5.26. The van der Waals surface area contributed by atoms with E-state index < -0.39 is 0 Å². The largest absolute Gasteiger partial charge is 0.508 e. The summed E-state index contributed by atoms with van der Waals surface area (Å²) in [5.41, 5.74) is 3.19. The summed E-state index contributed by atoms with van der Waals surface area (Å²) in [6.45, 7) is 9.65. The van der Waals surface area contributed by atoms with E-state index in [9.17, 15) is 5.11 Å². The number of phenolic OH excluding ortho intramolecular Hbond substituents is 1. The van der Waals surface area contributed by atoms with E-state index in [0.29, 0.717) is 28.9 Å². The Balaban J connectivity index is 1.52. The van der Waals surface area contributed by atoms with Gasteiger partial charge in [-0.3, -0.25) is 0 Å². The lowest BCUT2D eigenvalue weighted by molar-refractivity contribution is -0.154.